The van der Waals surface area contributed by atoms with Gasteiger partial charge in [0.15, 0.2) is 11.5 Å². The maximum atomic E-state index is 9.24. The minimum atomic E-state index is -0.199. The van der Waals surface area contributed by atoms with Crippen molar-refractivity contribution in [1.82, 2.24) is 0 Å². The van der Waals surface area contributed by atoms with Gasteiger partial charge in [0.1, 0.15) is 0 Å². The predicted octanol–water partition coefficient (Wildman–Crippen LogP) is 3.72. The molecule has 0 atom stereocenters. The topological polar surface area (TPSA) is 49.7 Å². The maximum absolute atomic E-state index is 9.24. The van der Waals surface area contributed by atoms with Gasteiger partial charge >= 0.3 is 0 Å². The van der Waals surface area contributed by atoms with Crippen molar-refractivity contribution in [3.63, 3.8) is 0 Å². The molecule has 3 nitrogen and oxygen atoms in total. The molecule has 1 aromatic rings. The summed E-state index contributed by atoms with van der Waals surface area (Å²) in [5.74, 6) is -0.0206. The SMILES string of the molecule is CC.CC.CCc1cc(O)c(O)c(OC)c1. The van der Waals surface area contributed by atoms with Crippen molar-refractivity contribution >= 4 is 0 Å². The Bertz CT molecular complexity index is 283. The zero-order valence-corrected chi connectivity index (χ0v) is 11.2. The number of phenols is 2. The zero-order chi connectivity index (χ0) is 13.1. The molecule has 16 heavy (non-hydrogen) atoms. The van der Waals surface area contributed by atoms with Crippen LogP contribution in [0.4, 0.5) is 0 Å². The van der Waals surface area contributed by atoms with E-state index in [1.807, 2.05) is 34.6 Å². The lowest BCUT2D eigenvalue weighted by Gasteiger charge is -2.06. The number of hydrogen-bond donors (Lipinski definition) is 2. The largest absolute Gasteiger partial charge is 0.504 e. The highest BCUT2D eigenvalue weighted by atomic mass is 16.5. The first-order valence-electron chi connectivity index (χ1n) is 5.77. The minimum Gasteiger partial charge on any atom is -0.504 e. The third kappa shape index (κ3) is 4.91. The van der Waals surface area contributed by atoms with Gasteiger partial charge in [-0.15, -0.1) is 0 Å². The Labute approximate surface area is 98.7 Å². The van der Waals surface area contributed by atoms with Crippen LogP contribution in [0.25, 0.3) is 0 Å². The summed E-state index contributed by atoms with van der Waals surface area (Å²) in [6.07, 6.45) is 0.796. The summed E-state index contributed by atoms with van der Waals surface area (Å²) in [6.45, 7) is 9.96. The van der Waals surface area contributed by atoms with Crippen molar-refractivity contribution in [1.29, 1.82) is 0 Å². The van der Waals surface area contributed by atoms with E-state index in [0.717, 1.165) is 12.0 Å². The van der Waals surface area contributed by atoms with Gasteiger partial charge < -0.3 is 14.9 Å². The highest BCUT2D eigenvalue weighted by Gasteiger charge is 2.07. The van der Waals surface area contributed by atoms with E-state index in [9.17, 15) is 10.2 Å². The van der Waals surface area contributed by atoms with Gasteiger partial charge in [-0.05, 0) is 24.1 Å². The predicted molar refractivity (Wildman–Crippen MR) is 68.4 cm³/mol. The van der Waals surface area contributed by atoms with Crippen LogP contribution in [0.2, 0.25) is 0 Å². The lowest BCUT2D eigenvalue weighted by Crippen LogP contribution is -1.87. The van der Waals surface area contributed by atoms with Crippen LogP contribution in [0.1, 0.15) is 40.2 Å². The number of rotatable bonds is 2. The van der Waals surface area contributed by atoms with E-state index in [2.05, 4.69) is 0 Å². The maximum Gasteiger partial charge on any atom is 0.200 e. The minimum absolute atomic E-state index is 0.133. The smallest absolute Gasteiger partial charge is 0.200 e. The Morgan fingerprint density at radius 3 is 1.94 bits per heavy atom. The molecular formula is C13H24O3. The van der Waals surface area contributed by atoms with Crippen molar-refractivity contribution in [3.05, 3.63) is 17.7 Å². The van der Waals surface area contributed by atoms with Crippen LogP contribution in [-0.2, 0) is 6.42 Å². The number of methoxy groups -OCH3 is 1. The molecule has 0 saturated heterocycles. The average molecular weight is 228 g/mol. The molecule has 2 N–H and O–H groups in total. The van der Waals surface area contributed by atoms with Crippen LogP contribution in [0.5, 0.6) is 17.2 Å². The Hall–Kier alpha value is -1.38. The fraction of sp³-hybridized carbons (Fsp3) is 0.538. The number of benzene rings is 1. The molecular weight excluding hydrogens is 204 g/mol. The summed E-state index contributed by atoms with van der Waals surface area (Å²) in [7, 11) is 1.45. The molecule has 0 bridgehead atoms. The molecule has 94 valence electrons. The number of aryl methyl sites for hydroxylation is 1. The fourth-order valence-electron chi connectivity index (χ4n) is 1.01. The van der Waals surface area contributed by atoms with Gasteiger partial charge in [0.05, 0.1) is 7.11 Å². The van der Waals surface area contributed by atoms with Gasteiger partial charge in [0.2, 0.25) is 5.75 Å². The molecule has 0 aliphatic heterocycles. The van der Waals surface area contributed by atoms with E-state index >= 15 is 0 Å². The van der Waals surface area contributed by atoms with E-state index in [-0.39, 0.29) is 11.5 Å². The Kier molecular flexibility index (Phi) is 10.8. The van der Waals surface area contributed by atoms with Crippen LogP contribution in [-0.4, -0.2) is 17.3 Å². The van der Waals surface area contributed by atoms with E-state index in [1.165, 1.54) is 13.2 Å². The number of aromatic hydroxyl groups is 2. The molecule has 0 fully saturated rings. The van der Waals surface area contributed by atoms with E-state index in [1.54, 1.807) is 6.07 Å². The first-order chi connectivity index (χ1) is 7.69. The Morgan fingerprint density at radius 1 is 1.06 bits per heavy atom. The van der Waals surface area contributed by atoms with Gasteiger partial charge in [-0.1, -0.05) is 34.6 Å². The summed E-state index contributed by atoms with van der Waals surface area (Å²) in [5, 5.41) is 18.5. The number of ether oxygens (including phenoxy) is 1. The lowest BCUT2D eigenvalue weighted by atomic mass is 10.1. The standard InChI is InChI=1S/C9H12O3.2C2H6/c1-3-6-4-7(10)9(11)8(5-6)12-2;2*1-2/h4-5,10-11H,3H2,1-2H3;2*1-2H3. The van der Waals surface area contributed by atoms with Crippen molar-refractivity contribution in [2.24, 2.45) is 0 Å². The van der Waals surface area contributed by atoms with Crippen molar-refractivity contribution < 1.29 is 14.9 Å². The monoisotopic (exact) mass is 228 g/mol. The second-order valence-electron chi connectivity index (χ2n) is 2.52. The van der Waals surface area contributed by atoms with E-state index in [0.29, 0.717) is 5.75 Å². The molecule has 1 aromatic carbocycles. The highest BCUT2D eigenvalue weighted by Crippen LogP contribution is 2.36. The Balaban J connectivity index is 0. The molecule has 0 heterocycles. The van der Waals surface area contributed by atoms with Crippen LogP contribution in [0.3, 0.4) is 0 Å². The van der Waals surface area contributed by atoms with E-state index < -0.39 is 0 Å². The summed E-state index contributed by atoms with van der Waals surface area (Å²) in [5.41, 5.74) is 0.933. The molecule has 0 spiro atoms. The molecule has 3 heteroatoms. The van der Waals surface area contributed by atoms with Gasteiger partial charge in [-0.3, -0.25) is 0 Å². The summed E-state index contributed by atoms with van der Waals surface area (Å²) in [6, 6.07) is 3.23. The molecule has 0 unspecified atom stereocenters. The van der Waals surface area contributed by atoms with Crippen molar-refractivity contribution in [2.75, 3.05) is 7.11 Å². The molecule has 1 rings (SSSR count). The zero-order valence-electron chi connectivity index (χ0n) is 11.2. The quantitative estimate of drug-likeness (QED) is 0.758. The number of phenolic OH excluding ortho intramolecular Hbond substituents is 2. The first kappa shape index (κ1) is 17.0. The van der Waals surface area contributed by atoms with Gasteiger partial charge in [-0.25, -0.2) is 0 Å². The Morgan fingerprint density at radius 2 is 1.56 bits per heavy atom. The van der Waals surface area contributed by atoms with Gasteiger partial charge in [0.25, 0.3) is 0 Å². The lowest BCUT2D eigenvalue weighted by molar-refractivity contribution is 0.350. The first-order valence-corrected chi connectivity index (χ1v) is 5.77. The summed E-state index contributed by atoms with van der Waals surface area (Å²) < 4.78 is 4.86. The molecule has 0 saturated carbocycles. The molecule has 0 radical (unpaired) electrons. The summed E-state index contributed by atoms with van der Waals surface area (Å²) in [4.78, 5) is 0. The normalized spacial score (nSPS) is 8.12. The third-order valence-electron chi connectivity index (χ3n) is 1.74. The molecule has 0 amide bonds. The van der Waals surface area contributed by atoms with Crippen LogP contribution >= 0.6 is 0 Å². The van der Waals surface area contributed by atoms with Crippen molar-refractivity contribution in [2.45, 2.75) is 41.0 Å². The van der Waals surface area contributed by atoms with Crippen LogP contribution < -0.4 is 4.74 Å². The third-order valence-corrected chi connectivity index (χ3v) is 1.74. The second-order valence-corrected chi connectivity index (χ2v) is 2.52. The second kappa shape index (κ2) is 10.1. The van der Waals surface area contributed by atoms with E-state index in [4.69, 9.17) is 4.74 Å². The number of hydrogen-bond acceptors (Lipinski definition) is 3. The fourth-order valence-corrected chi connectivity index (χ4v) is 1.01. The van der Waals surface area contributed by atoms with Crippen LogP contribution in [0.15, 0.2) is 12.1 Å². The summed E-state index contributed by atoms with van der Waals surface area (Å²) >= 11 is 0. The van der Waals surface area contributed by atoms with Gasteiger partial charge in [0, 0.05) is 0 Å². The van der Waals surface area contributed by atoms with Crippen LogP contribution in [0, 0.1) is 0 Å². The molecule has 0 aromatic heterocycles. The van der Waals surface area contributed by atoms with Crippen molar-refractivity contribution in [3.8, 4) is 17.2 Å². The average Bonchev–Trinajstić information content (AvgIpc) is 2.37. The van der Waals surface area contributed by atoms with Gasteiger partial charge in [-0.2, -0.15) is 0 Å². The molecule has 0 aliphatic carbocycles. The molecule has 0 aliphatic rings. The highest BCUT2D eigenvalue weighted by molar-refractivity contribution is 5.51.